The van der Waals surface area contributed by atoms with Crippen LogP contribution in [-0.2, 0) is 18.0 Å². The number of aromatic nitrogens is 4. The van der Waals surface area contributed by atoms with Crippen molar-refractivity contribution in [2.45, 2.75) is 64.5 Å². The van der Waals surface area contributed by atoms with E-state index in [0.717, 1.165) is 43.4 Å². The third kappa shape index (κ3) is 8.76. The molecule has 3 aromatic rings. The number of phenolic OH excluding ortho intramolecular Hbond substituents is 1. The minimum absolute atomic E-state index is 0. The Hall–Kier alpha value is -1.10. The zero-order valence-corrected chi connectivity index (χ0v) is 25.0. The van der Waals surface area contributed by atoms with E-state index in [1.807, 2.05) is 6.92 Å². The molecule has 0 spiro atoms. The molecule has 35 heavy (non-hydrogen) atoms. The van der Waals surface area contributed by atoms with E-state index in [1.165, 1.54) is 12.1 Å². The molecule has 6 nitrogen and oxygen atoms in total. The number of alkyl halides is 3. The van der Waals surface area contributed by atoms with E-state index < -0.39 is 11.7 Å². The molecule has 182 valence electrons. The number of aromatic amines is 1. The maximum Gasteiger partial charge on any atom is 1.00 e. The summed E-state index contributed by atoms with van der Waals surface area (Å²) in [5, 5.41) is 24.7. The number of aromatic hydroxyl groups is 1. The molecule has 0 aliphatic heterocycles. The average molecular weight is 511 g/mol. The second kappa shape index (κ2) is 14.0. The van der Waals surface area contributed by atoms with E-state index in [2.05, 4.69) is 34.5 Å². The monoisotopic (exact) mass is 510 g/mol. The fourth-order valence-electron chi connectivity index (χ4n) is 3.68. The minimum atomic E-state index is -4.39. The van der Waals surface area contributed by atoms with Crippen LogP contribution >= 0.6 is 0 Å². The molecule has 0 unspecified atom stereocenters. The van der Waals surface area contributed by atoms with Crippen LogP contribution in [-0.4, -0.2) is 32.3 Å². The number of nitrogens with one attached hydrogen (secondary N) is 1. The maximum atomic E-state index is 12.8. The number of unbranched alkanes of at least 4 members (excludes halogenated alkanes) is 2. The summed E-state index contributed by atoms with van der Waals surface area (Å²) in [6.07, 6.45) is 0.0159. The van der Waals surface area contributed by atoms with Crippen molar-refractivity contribution in [1.82, 2.24) is 20.6 Å². The van der Waals surface area contributed by atoms with Crippen molar-refractivity contribution in [3.8, 4) is 22.6 Å². The summed E-state index contributed by atoms with van der Waals surface area (Å²) < 4.78 is 44.4. The van der Waals surface area contributed by atoms with Gasteiger partial charge >= 0.3 is 65.3 Å². The molecule has 1 heterocycles. The van der Waals surface area contributed by atoms with Gasteiger partial charge in [-0.05, 0) is 48.6 Å². The van der Waals surface area contributed by atoms with E-state index in [1.54, 1.807) is 12.1 Å². The molecule has 2 N–H and O–H groups in total. The van der Waals surface area contributed by atoms with Gasteiger partial charge in [-0.25, -0.2) is 0 Å². The van der Waals surface area contributed by atoms with Gasteiger partial charge in [-0.15, -0.1) is 10.2 Å². The number of phenols is 1. The number of tetrazole rings is 1. The predicted molar refractivity (Wildman–Crippen MR) is 121 cm³/mol. The summed E-state index contributed by atoms with van der Waals surface area (Å²) in [6, 6.07) is 8.10. The number of halogens is 3. The molecular formula is C24H31F3N4Na2O2. The molecule has 0 atom stereocenters. The number of rotatable bonds is 10. The van der Waals surface area contributed by atoms with Crippen LogP contribution in [0.15, 0.2) is 36.4 Å². The molecule has 1 aromatic heterocycles. The molecule has 0 amide bonds. The normalized spacial score (nSPS) is 11.5. The molecule has 11 heteroatoms. The van der Waals surface area contributed by atoms with Crippen LogP contribution in [0.3, 0.4) is 0 Å². The number of H-pyrrole nitrogens is 1. The van der Waals surface area contributed by atoms with Crippen LogP contribution in [0.5, 0.6) is 11.5 Å². The van der Waals surface area contributed by atoms with E-state index in [0.29, 0.717) is 35.7 Å². The van der Waals surface area contributed by atoms with Gasteiger partial charge in [0.2, 0.25) is 0 Å². The first-order valence-electron chi connectivity index (χ1n) is 11.0. The average Bonchev–Trinajstić information content (AvgIpc) is 3.32. The Morgan fingerprint density at radius 1 is 1.03 bits per heavy atom. The van der Waals surface area contributed by atoms with Crippen LogP contribution in [0.2, 0.25) is 0 Å². The summed E-state index contributed by atoms with van der Waals surface area (Å²) in [7, 11) is 0. The largest absolute Gasteiger partial charge is 1.00 e. The van der Waals surface area contributed by atoms with Gasteiger partial charge in [0.1, 0.15) is 11.5 Å². The second-order valence-corrected chi connectivity index (χ2v) is 8.68. The molecule has 0 bridgehead atoms. The van der Waals surface area contributed by atoms with Crippen molar-refractivity contribution in [3.63, 3.8) is 0 Å². The summed E-state index contributed by atoms with van der Waals surface area (Å²) in [5.41, 5.74) is 1.02. The number of aryl methyl sites for hydroxylation is 1. The number of hydrogen-bond donors (Lipinski definition) is 2. The Kier molecular flexibility index (Phi) is 12.8. The standard InChI is InChI=1S/C24H29F3N4O2.2Na.2H/c1-4-16-14-19(17-8-10-18(11-9-17)24(25,26)27)20(32)15-21(16)33-13-7-5-6-12-23(2,3)22-28-30-31-29-22;;;;/h8-11,14-15,32H,4-7,12-13H2,1-3H3,(H,28,29,30,31);;;;/q;2*+1;2*-1. The Labute approximate surface area is 251 Å². The van der Waals surface area contributed by atoms with Gasteiger partial charge in [-0.2, -0.15) is 18.4 Å². The van der Waals surface area contributed by atoms with Crippen LogP contribution in [0.4, 0.5) is 13.2 Å². The van der Waals surface area contributed by atoms with E-state index in [-0.39, 0.29) is 73.1 Å². The van der Waals surface area contributed by atoms with Crippen LogP contribution in [0.1, 0.15) is 66.3 Å². The van der Waals surface area contributed by atoms with Gasteiger partial charge in [0, 0.05) is 17.0 Å². The smallest absolute Gasteiger partial charge is 1.00 e. The van der Waals surface area contributed by atoms with E-state index >= 15 is 0 Å². The number of nitrogens with zero attached hydrogens (tertiary/aromatic N) is 3. The van der Waals surface area contributed by atoms with Crippen molar-refractivity contribution in [1.29, 1.82) is 0 Å². The molecule has 0 fully saturated rings. The van der Waals surface area contributed by atoms with Gasteiger partial charge in [-0.3, -0.25) is 0 Å². The van der Waals surface area contributed by atoms with Crippen LogP contribution in [0.25, 0.3) is 11.1 Å². The number of ether oxygens (including phenoxy) is 1. The molecular weight excluding hydrogens is 479 g/mol. The summed E-state index contributed by atoms with van der Waals surface area (Å²) in [5.74, 6) is 1.27. The van der Waals surface area contributed by atoms with Crippen molar-refractivity contribution < 1.29 is 85.0 Å². The van der Waals surface area contributed by atoms with Gasteiger partial charge in [0.15, 0.2) is 5.82 Å². The Balaban J connectivity index is 0. The fraction of sp³-hybridized carbons (Fsp3) is 0.458. The Morgan fingerprint density at radius 3 is 2.29 bits per heavy atom. The summed E-state index contributed by atoms with van der Waals surface area (Å²) in [4.78, 5) is 0. The minimum Gasteiger partial charge on any atom is -1.00 e. The van der Waals surface area contributed by atoms with Crippen LogP contribution in [0, 0.1) is 0 Å². The summed E-state index contributed by atoms with van der Waals surface area (Å²) >= 11 is 0. The fourth-order valence-corrected chi connectivity index (χ4v) is 3.68. The first-order valence-corrected chi connectivity index (χ1v) is 11.0. The van der Waals surface area contributed by atoms with Gasteiger partial charge in [0.05, 0.1) is 12.2 Å². The zero-order chi connectivity index (χ0) is 24.1. The predicted octanol–water partition coefficient (Wildman–Crippen LogP) is 0.304. The second-order valence-electron chi connectivity index (χ2n) is 8.68. The van der Waals surface area contributed by atoms with Crippen molar-refractivity contribution in [2.75, 3.05) is 6.61 Å². The van der Waals surface area contributed by atoms with Crippen molar-refractivity contribution in [3.05, 3.63) is 53.3 Å². The van der Waals surface area contributed by atoms with Crippen molar-refractivity contribution in [2.24, 2.45) is 0 Å². The zero-order valence-electron chi connectivity index (χ0n) is 23.0. The topological polar surface area (TPSA) is 83.9 Å². The number of benzene rings is 2. The molecule has 0 saturated carbocycles. The Bertz CT molecular complexity index is 1060. The molecule has 0 aliphatic carbocycles. The molecule has 3 rings (SSSR count). The first kappa shape index (κ1) is 31.9. The summed E-state index contributed by atoms with van der Waals surface area (Å²) in [6.45, 7) is 6.65. The number of hydrogen-bond acceptors (Lipinski definition) is 5. The van der Waals surface area contributed by atoms with Gasteiger partial charge in [-0.1, -0.05) is 51.0 Å². The molecule has 0 radical (unpaired) electrons. The first-order chi connectivity index (χ1) is 15.6. The third-order valence-corrected chi connectivity index (χ3v) is 5.74. The SMILES string of the molecule is CCc1cc(-c2ccc(C(F)(F)F)cc2)c(O)cc1OCCCCCC(C)(C)c1nn[nH]n1.[H-].[H-].[Na+].[Na+]. The van der Waals surface area contributed by atoms with Crippen LogP contribution < -0.4 is 63.9 Å². The third-order valence-electron chi connectivity index (χ3n) is 5.74. The van der Waals surface area contributed by atoms with E-state index in [4.69, 9.17) is 4.74 Å². The Morgan fingerprint density at radius 2 is 1.71 bits per heavy atom. The van der Waals surface area contributed by atoms with Gasteiger partial charge < -0.3 is 12.7 Å². The molecule has 2 aromatic carbocycles. The van der Waals surface area contributed by atoms with Gasteiger partial charge in [0.25, 0.3) is 0 Å². The quantitative estimate of drug-likeness (QED) is 0.303. The van der Waals surface area contributed by atoms with E-state index in [9.17, 15) is 18.3 Å². The van der Waals surface area contributed by atoms with Crippen molar-refractivity contribution >= 4 is 0 Å². The maximum absolute atomic E-state index is 12.8. The molecule has 0 saturated heterocycles. The molecule has 0 aliphatic rings.